The molecular weight excluding hydrogens is 246 g/mol. The number of rotatable bonds is 6. The second-order valence-electron chi connectivity index (χ2n) is 5.16. The molecule has 0 saturated carbocycles. The second-order valence-corrected chi connectivity index (χ2v) is 5.16. The summed E-state index contributed by atoms with van der Waals surface area (Å²) in [6.45, 7) is 8.02. The summed E-state index contributed by atoms with van der Waals surface area (Å²) in [5.41, 5.74) is 5.10. The molecule has 2 heteroatoms. The van der Waals surface area contributed by atoms with E-state index in [0.29, 0.717) is 0 Å². The highest BCUT2D eigenvalue weighted by Crippen LogP contribution is 2.18. The van der Waals surface area contributed by atoms with Crippen molar-refractivity contribution in [2.75, 3.05) is 11.9 Å². The Hall–Kier alpha value is -1.96. The Morgan fingerprint density at radius 2 is 1.75 bits per heavy atom. The monoisotopic (exact) mass is 269 g/mol. The zero-order valence-corrected chi connectivity index (χ0v) is 12.6. The van der Waals surface area contributed by atoms with Crippen LogP contribution in [0.4, 0.5) is 5.69 Å². The van der Waals surface area contributed by atoms with Gasteiger partial charge in [-0.1, -0.05) is 30.7 Å². The third-order valence-corrected chi connectivity index (χ3v) is 3.31. The van der Waals surface area contributed by atoms with Crippen molar-refractivity contribution >= 4 is 5.69 Å². The minimum atomic E-state index is 0.773. The fourth-order valence-corrected chi connectivity index (χ4v) is 2.13. The average Bonchev–Trinajstić information content (AvgIpc) is 2.45. The van der Waals surface area contributed by atoms with Crippen LogP contribution in [0.5, 0.6) is 5.75 Å². The van der Waals surface area contributed by atoms with Crippen LogP contribution in [-0.2, 0) is 6.54 Å². The van der Waals surface area contributed by atoms with Gasteiger partial charge in [-0.25, -0.2) is 0 Å². The fraction of sp³-hybridized carbons (Fsp3) is 0.333. The maximum Gasteiger partial charge on any atom is 0.119 e. The molecule has 0 aromatic heterocycles. The number of benzene rings is 2. The lowest BCUT2D eigenvalue weighted by atomic mass is 10.1. The average molecular weight is 269 g/mol. The molecule has 0 heterocycles. The zero-order chi connectivity index (χ0) is 14.4. The van der Waals surface area contributed by atoms with E-state index in [1.54, 1.807) is 0 Å². The van der Waals surface area contributed by atoms with Crippen LogP contribution in [0.2, 0.25) is 0 Å². The predicted molar refractivity (Wildman–Crippen MR) is 85.5 cm³/mol. The van der Waals surface area contributed by atoms with Gasteiger partial charge in [0.1, 0.15) is 5.75 Å². The quantitative estimate of drug-likeness (QED) is 0.820. The molecule has 1 N–H and O–H groups in total. The molecule has 106 valence electrons. The molecule has 0 radical (unpaired) electrons. The Morgan fingerprint density at radius 1 is 1.00 bits per heavy atom. The van der Waals surface area contributed by atoms with Gasteiger partial charge in [-0.3, -0.25) is 0 Å². The normalized spacial score (nSPS) is 10.3. The Bertz CT molecular complexity index is 546. The van der Waals surface area contributed by atoms with Crippen molar-refractivity contribution in [1.29, 1.82) is 0 Å². The summed E-state index contributed by atoms with van der Waals surface area (Å²) in [6, 6.07) is 14.7. The first-order valence-electron chi connectivity index (χ1n) is 7.22. The highest BCUT2D eigenvalue weighted by molar-refractivity contribution is 5.47. The molecule has 0 atom stereocenters. The highest BCUT2D eigenvalue weighted by atomic mass is 16.5. The summed E-state index contributed by atoms with van der Waals surface area (Å²) >= 11 is 0. The van der Waals surface area contributed by atoms with E-state index in [0.717, 1.165) is 31.0 Å². The molecule has 0 saturated heterocycles. The van der Waals surface area contributed by atoms with Crippen LogP contribution in [0.3, 0.4) is 0 Å². The van der Waals surface area contributed by atoms with E-state index >= 15 is 0 Å². The topological polar surface area (TPSA) is 21.3 Å². The van der Waals surface area contributed by atoms with E-state index in [-0.39, 0.29) is 0 Å². The fourth-order valence-electron chi connectivity index (χ4n) is 2.13. The Labute approximate surface area is 121 Å². The van der Waals surface area contributed by atoms with Crippen molar-refractivity contribution < 1.29 is 4.74 Å². The van der Waals surface area contributed by atoms with Crippen molar-refractivity contribution in [3.63, 3.8) is 0 Å². The van der Waals surface area contributed by atoms with Gasteiger partial charge < -0.3 is 10.1 Å². The van der Waals surface area contributed by atoms with Gasteiger partial charge in [-0.2, -0.15) is 0 Å². The molecule has 0 amide bonds. The predicted octanol–water partition coefficient (Wildman–Crippen LogP) is 4.70. The summed E-state index contributed by atoms with van der Waals surface area (Å²) in [7, 11) is 0. The summed E-state index contributed by atoms with van der Waals surface area (Å²) in [6.07, 6.45) is 1.03. The lowest BCUT2D eigenvalue weighted by Crippen LogP contribution is -2.01. The highest BCUT2D eigenvalue weighted by Gasteiger charge is 1.99. The van der Waals surface area contributed by atoms with Gasteiger partial charge in [0, 0.05) is 12.2 Å². The SMILES string of the molecule is CCCOc1ccc(NCc2ccc(C)cc2C)cc1. The summed E-state index contributed by atoms with van der Waals surface area (Å²) in [5, 5.41) is 3.45. The van der Waals surface area contributed by atoms with E-state index in [1.165, 1.54) is 16.7 Å². The van der Waals surface area contributed by atoms with Crippen molar-refractivity contribution in [3.8, 4) is 5.75 Å². The van der Waals surface area contributed by atoms with Crippen LogP contribution in [-0.4, -0.2) is 6.61 Å². The van der Waals surface area contributed by atoms with Crippen molar-refractivity contribution in [3.05, 3.63) is 59.2 Å². The van der Waals surface area contributed by atoms with E-state index in [9.17, 15) is 0 Å². The van der Waals surface area contributed by atoms with Crippen molar-refractivity contribution in [2.24, 2.45) is 0 Å². The molecule has 20 heavy (non-hydrogen) atoms. The minimum Gasteiger partial charge on any atom is -0.494 e. The summed E-state index contributed by atoms with van der Waals surface area (Å²) < 4.78 is 5.58. The molecule has 0 aliphatic rings. The molecule has 2 aromatic rings. The Balaban J connectivity index is 1.93. The number of aryl methyl sites for hydroxylation is 2. The lowest BCUT2D eigenvalue weighted by molar-refractivity contribution is 0.317. The maximum absolute atomic E-state index is 5.58. The lowest BCUT2D eigenvalue weighted by Gasteiger charge is -2.11. The molecule has 2 aromatic carbocycles. The van der Waals surface area contributed by atoms with Crippen LogP contribution in [0.25, 0.3) is 0 Å². The molecule has 2 rings (SSSR count). The molecule has 0 aliphatic heterocycles. The third kappa shape index (κ3) is 4.02. The van der Waals surface area contributed by atoms with Gasteiger partial charge in [-0.05, 0) is 55.7 Å². The van der Waals surface area contributed by atoms with Gasteiger partial charge in [0.05, 0.1) is 6.61 Å². The van der Waals surface area contributed by atoms with E-state index in [4.69, 9.17) is 4.74 Å². The molecular formula is C18H23NO. The van der Waals surface area contributed by atoms with Gasteiger partial charge in [-0.15, -0.1) is 0 Å². The number of ether oxygens (including phenoxy) is 1. The van der Waals surface area contributed by atoms with Crippen LogP contribution in [0.1, 0.15) is 30.0 Å². The molecule has 0 aliphatic carbocycles. The first-order chi connectivity index (χ1) is 9.69. The van der Waals surface area contributed by atoms with Crippen LogP contribution in [0, 0.1) is 13.8 Å². The van der Waals surface area contributed by atoms with Crippen molar-refractivity contribution in [2.45, 2.75) is 33.7 Å². The number of nitrogens with one attached hydrogen (secondary N) is 1. The van der Waals surface area contributed by atoms with Crippen LogP contribution in [0.15, 0.2) is 42.5 Å². The molecule has 0 bridgehead atoms. The second kappa shape index (κ2) is 6.99. The molecule has 0 unspecified atom stereocenters. The van der Waals surface area contributed by atoms with E-state index in [1.807, 2.05) is 12.1 Å². The number of anilines is 1. The van der Waals surface area contributed by atoms with Gasteiger partial charge in [0.25, 0.3) is 0 Å². The zero-order valence-electron chi connectivity index (χ0n) is 12.6. The molecule has 0 spiro atoms. The largest absolute Gasteiger partial charge is 0.494 e. The first-order valence-corrected chi connectivity index (χ1v) is 7.22. The third-order valence-electron chi connectivity index (χ3n) is 3.31. The summed E-state index contributed by atoms with van der Waals surface area (Å²) in [5.74, 6) is 0.934. The van der Waals surface area contributed by atoms with E-state index < -0.39 is 0 Å². The van der Waals surface area contributed by atoms with Crippen LogP contribution < -0.4 is 10.1 Å². The Morgan fingerprint density at radius 3 is 2.40 bits per heavy atom. The standard InChI is InChI=1S/C18H23NO/c1-4-11-20-18-9-7-17(8-10-18)19-13-16-6-5-14(2)12-15(16)3/h5-10,12,19H,4,11,13H2,1-3H3. The maximum atomic E-state index is 5.58. The van der Waals surface area contributed by atoms with Gasteiger partial charge in [0.2, 0.25) is 0 Å². The van der Waals surface area contributed by atoms with Crippen molar-refractivity contribution in [1.82, 2.24) is 0 Å². The summed E-state index contributed by atoms with van der Waals surface area (Å²) in [4.78, 5) is 0. The number of hydrogen-bond donors (Lipinski definition) is 1. The minimum absolute atomic E-state index is 0.773. The van der Waals surface area contributed by atoms with Crippen LogP contribution >= 0.6 is 0 Å². The van der Waals surface area contributed by atoms with Gasteiger partial charge in [0.15, 0.2) is 0 Å². The van der Waals surface area contributed by atoms with Gasteiger partial charge >= 0.3 is 0 Å². The van der Waals surface area contributed by atoms with E-state index in [2.05, 4.69) is 56.4 Å². The first kappa shape index (κ1) is 14.4. The number of hydrogen-bond acceptors (Lipinski definition) is 2. The molecule has 2 nitrogen and oxygen atoms in total. The Kier molecular flexibility index (Phi) is 5.05. The molecule has 0 fully saturated rings. The smallest absolute Gasteiger partial charge is 0.119 e.